The highest BCUT2D eigenvalue weighted by molar-refractivity contribution is 5.95. The predicted octanol–water partition coefficient (Wildman–Crippen LogP) is 1.94. The highest BCUT2D eigenvalue weighted by Crippen LogP contribution is 2.24. The Bertz CT molecular complexity index is 407. The quantitative estimate of drug-likeness (QED) is 0.727. The van der Waals surface area contributed by atoms with Gasteiger partial charge in [-0.05, 0) is 12.1 Å². The fourth-order valence-electron chi connectivity index (χ4n) is 1.06. The van der Waals surface area contributed by atoms with E-state index in [1.807, 2.05) is 0 Å². The van der Waals surface area contributed by atoms with Crippen LogP contribution < -0.4 is 4.90 Å². The molecule has 0 radical (unpaired) electrons. The number of carbonyl (C=O) groups is 1. The molecule has 0 aliphatic carbocycles. The lowest BCUT2D eigenvalue weighted by molar-refractivity contribution is 0.0698. The van der Waals surface area contributed by atoms with Gasteiger partial charge in [0.1, 0.15) is 0 Å². The van der Waals surface area contributed by atoms with Gasteiger partial charge < -0.3 is 10.0 Å². The van der Waals surface area contributed by atoms with Gasteiger partial charge in [0.05, 0.1) is 0 Å². The number of hydrogen-bond acceptors (Lipinski definition) is 3. The van der Waals surface area contributed by atoms with Crippen LogP contribution in [0.4, 0.5) is 11.4 Å². The van der Waals surface area contributed by atoms with Crippen LogP contribution in [-0.4, -0.2) is 25.2 Å². The molecule has 0 amide bonds. The summed E-state index contributed by atoms with van der Waals surface area (Å²) in [6.07, 6.45) is 0. The summed E-state index contributed by atoms with van der Waals surface area (Å²) in [6, 6.07) is 4.59. The summed E-state index contributed by atoms with van der Waals surface area (Å²) < 4.78 is 0. The SMILES string of the molecule is CN(C)c1ccc([N+]#N)c(C(=O)O)c1. The molecule has 0 atom stereocenters. The van der Waals surface area contributed by atoms with Crippen LogP contribution in [0.15, 0.2) is 18.2 Å². The van der Waals surface area contributed by atoms with Crippen LogP contribution in [0.1, 0.15) is 10.4 Å². The van der Waals surface area contributed by atoms with E-state index in [0.717, 1.165) is 5.69 Å². The summed E-state index contributed by atoms with van der Waals surface area (Å²) in [5.74, 6) is -1.11. The second-order valence-corrected chi connectivity index (χ2v) is 3.00. The van der Waals surface area contributed by atoms with Crippen molar-refractivity contribution in [2.24, 2.45) is 0 Å². The lowest BCUT2D eigenvalue weighted by atomic mass is 10.1. The fraction of sp³-hybridized carbons (Fsp3) is 0.222. The Morgan fingerprint density at radius 2 is 2.14 bits per heavy atom. The average molecular weight is 192 g/mol. The number of aromatic carboxylic acids is 1. The topological polar surface area (TPSA) is 68.7 Å². The third kappa shape index (κ3) is 1.80. The zero-order chi connectivity index (χ0) is 10.7. The molecule has 1 rings (SSSR count). The number of rotatable bonds is 2. The molecule has 72 valence electrons. The Morgan fingerprint density at radius 3 is 2.57 bits per heavy atom. The first-order valence-electron chi connectivity index (χ1n) is 3.96. The molecule has 5 nitrogen and oxygen atoms in total. The maximum absolute atomic E-state index is 10.8. The number of hydrogen-bond donors (Lipinski definition) is 1. The van der Waals surface area contributed by atoms with Gasteiger partial charge >= 0.3 is 11.7 Å². The van der Waals surface area contributed by atoms with E-state index >= 15 is 0 Å². The molecule has 0 fully saturated rings. The zero-order valence-corrected chi connectivity index (χ0v) is 7.93. The Morgan fingerprint density at radius 1 is 1.50 bits per heavy atom. The van der Waals surface area contributed by atoms with Gasteiger partial charge in [0, 0.05) is 25.8 Å². The standard InChI is InChI=1S/C9H9N3O2/c1-12(2)6-3-4-8(11-10)7(5-6)9(13)14/h3-5H,1-2H3/p+1. The Balaban J connectivity index is 3.30. The predicted molar refractivity (Wildman–Crippen MR) is 52.5 cm³/mol. The summed E-state index contributed by atoms with van der Waals surface area (Å²) in [5, 5.41) is 17.4. The Labute approximate surface area is 81.2 Å². The Kier molecular flexibility index (Phi) is 2.67. The minimum absolute atomic E-state index is 0.0151. The van der Waals surface area contributed by atoms with Crippen LogP contribution in [-0.2, 0) is 0 Å². The first-order chi connectivity index (χ1) is 6.56. The van der Waals surface area contributed by atoms with Crippen LogP contribution in [0.3, 0.4) is 0 Å². The van der Waals surface area contributed by atoms with Gasteiger partial charge in [-0.1, -0.05) is 0 Å². The minimum Gasteiger partial charge on any atom is -0.477 e. The van der Waals surface area contributed by atoms with Crippen molar-refractivity contribution in [2.45, 2.75) is 0 Å². The molecule has 0 heterocycles. The molecule has 0 saturated heterocycles. The van der Waals surface area contributed by atoms with Gasteiger partial charge in [-0.2, -0.15) is 0 Å². The van der Waals surface area contributed by atoms with Crippen LogP contribution in [0.2, 0.25) is 0 Å². The minimum atomic E-state index is -1.11. The maximum atomic E-state index is 10.8. The lowest BCUT2D eigenvalue weighted by Gasteiger charge is -2.11. The van der Waals surface area contributed by atoms with Gasteiger partial charge in [-0.15, -0.1) is 0 Å². The average Bonchev–Trinajstić information content (AvgIpc) is 2.16. The molecule has 14 heavy (non-hydrogen) atoms. The number of nitrogens with zero attached hydrogens (tertiary/aromatic N) is 3. The van der Waals surface area contributed by atoms with Gasteiger partial charge in [0.25, 0.3) is 0 Å². The third-order valence-corrected chi connectivity index (χ3v) is 1.83. The van der Waals surface area contributed by atoms with Crippen LogP contribution in [0.5, 0.6) is 0 Å². The van der Waals surface area contributed by atoms with Crippen molar-refractivity contribution in [3.8, 4) is 0 Å². The van der Waals surface area contributed by atoms with Crippen molar-refractivity contribution >= 4 is 17.3 Å². The van der Waals surface area contributed by atoms with Crippen molar-refractivity contribution < 1.29 is 9.90 Å². The molecule has 1 aromatic rings. The van der Waals surface area contributed by atoms with Gasteiger partial charge in [0.2, 0.25) is 5.39 Å². The number of carboxylic acids is 1. The molecule has 0 aliphatic rings. The maximum Gasteiger partial charge on any atom is 0.399 e. The summed E-state index contributed by atoms with van der Waals surface area (Å²) in [4.78, 5) is 15.4. The van der Waals surface area contributed by atoms with Gasteiger partial charge in [-0.3, -0.25) is 0 Å². The molecule has 0 saturated carbocycles. The van der Waals surface area contributed by atoms with E-state index in [4.69, 9.17) is 10.5 Å². The van der Waals surface area contributed by atoms with Crippen molar-refractivity contribution in [2.75, 3.05) is 19.0 Å². The van der Waals surface area contributed by atoms with Crippen LogP contribution in [0.25, 0.3) is 4.98 Å². The molecule has 0 aromatic heterocycles. The normalized spacial score (nSPS) is 9.21. The summed E-state index contributed by atoms with van der Waals surface area (Å²) >= 11 is 0. The monoisotopic (exact) mass is 192 g/mol. The lowest BCUT2D eigenvalue weighted by Crippen LogP contribution is -2.09. The summed E-state index contributed by atoms with van der Waals surface area (Å²) in [6.45, 7) is 0. The molecule has 5 heteroatoms. The number of carboxylic acid groups (broad SMARTS) is 1. The summed E-state index contributed by atoms with van der Waals surface area (Å²) in [5.41, 5.74) is 0.789. The second-order valence-electron chi connectivity index (χ2n) is 3.00. The molecule has 0 aliphatic heterocycles. The number of benzene rings is 1. The fourth-order valence-corrected chi connectivity index (χ4v) is 1.06. The van der Waals surface area contributed by atoms with E-state index in [-0.39, 0.29) is 11.3 Å². The van der Waals surface area contributed by atoms with Crippen LogP contribution >= 0.6 is 0 Å². The molecular formula is C9H10N3O2+. The van der Waals surface area contributed by atoms with E-state index in [9.17, 15) is 4.79 Å². The summed E-state index contributed by atoms with van der Waals surface area (Å²) in [7, 11) is 3.60. The second kappa shape index (κ2) is 3.75. The zero-order valence-electron chi connectivity index (χ0n) is 7.93. The van der Waals surface area contributed by atoms with Crippen molar-refractivity contribution in [3.63, 3.8) is 0 Å². The first-order valence-corrected chi connectivity index (χ1v) is 3.96. The van der Waals surface area contributed by atoms with Crippen molar-refractivity contribution in [1.82, 2.24) is 0 Å². The van der Waals surface area contributed by atoms with Gasteiger partial charge in [0.15, 0.2) is 10.5 Å². The van der Waals surface area contributed by atoms with E-state index in [1.54, 1.807) is 25.1 Å². The van der Waals surface area contributed by atoms with E-state index in [0.29, 0.717) is 0 Å². The number of diazo groups is 1. The highest BCUT2D eigenvalue weighted by atomic mass is 16.4. The smallest absolute Gasteiger partial charge is 0.399 e. The molecule has 0 bridgehead atoms. The largest absolute Gasteiger partial charge is 0.477 e. The van der Waals surface area contributed by atoms with Gasteiger partial charge in [-0.25, -0.2) is 4.79 Å². The highest BCUT2D eigenvalue weighted by Gasteiger charge is 2.20. The van der Waals surface area contributed by atoms with E-state index < -0.39 is 5.97 Å². The molecule has 1 N–H and O–H groups in total. The van der Waals surface area contributed by atoms with Crippen molar-refractivity contribution in [1.29, 1.82) is 5.39 Å². The molecule has 0 unspecified atom stereocenters. The van der Waals surface area contributed by atoms with Crippen molar-refractivity contribution in [3.05, 3.63) is 28.7 Å². The number of anilines is 1. The van der Waals surface area contributed by atoms with E-state index in [1.165, 1.54) is 12.1 Å². The first kappa shape index (κ1) is 9.99. The Hall–Kier alpha value is -2.09. The van der Waals surface area contributed by atoms with Crippen LogP contribution in [0, 0.1) is 5.39 Å². The molecular weight excluding hydrogens is 182 g/mol. The third-order valence-electron chi connectivity index (χ3n) is 1.83. The molecule has 0 spiro atoms. The molecule has 1 aromatic carbocycles. The van der Waals surface area contributed by atoms with E-state index in [2.05, 4.69) is 4.98 Å².